The van der Waals surface area contributed by atoms with Crippen LogP contribution in [-0.2, 0) is 4.79 Å². The van der Waals surface area contributed by atoms with Crippen LogP contribution in [0.5, 0.6) is 5.75 Å². The van der Waals surface area contributed by atoms with Gasteiger partial charge in [-0.1, -0.05) is 0 Å². The first-order chi connectivity index (χ1) is 13.5. The third-order valence-electron chi connectivity index (χ3n) is 4.26. The summed E-state index contributed by atoms with van der Waals surface area (Å²) in [5.41, 5.74) is 2.93. The van der Waals surface area contributed by atoms with E-state index in [9.17, 15) is 9.59 Å². The second-order valence-electron chi connectivity index (χ2n) is 6.15. The van der Waals surface area contributed by atoms with Crippen LogP contribution >= 0.6 is 23.1 Å². The van der Waals surface area contributed by atoms with E-state index in [4.69, 9.17) is 4.74 Å². The Kier molecular flexibility index (Phi) is 5.06. The minimum absolute atomic E-state index is 0.0604. The lowest BCUT2D eigenvalue weighted by molar-refractivity contribution is -0.113. The Hall–Kier alpha value is -2.84. The van der Waals surface area contributed by atoms with Gasteiger partial charge in [0.25, 0.3) is 5.91 Å². The molecule has 142 valence electrons. The quantitative estimate of drug-likeness (QED) is 0.664. The van der Waals surface area contributed by atoms with E-state index in [1.165, 1.54) is 23.1 Å². The summed E-state index contributed by atoms with van der Waals surface area (Å²) in [6.45, 7) is 1.97. The molecule has 0 spiro atoms. The van der Waals surface area contributed by atoms with Crippen molar-refractivity contribution in [3.63, 3.8) is 0 Å². The first-order valence-corrected chi connectivity index (χ1v) is 10.3. The number of carbonyl (C=O) groups is 2. The summed E-state index contributed by atoms with van der Waals surface area (Å²) in [4.78, 5) is 30.7. The van der Waals surface area contributed by atoms with Gasteiger partial charge in [-0.15, -0.1) is 23.1 Å². The Balaban J connectivity index is 1.54. The van der Waals surface area contributed by atoms with Gasteiger partial charge in [0.15, 0.2) is 5.13 Å². The molecular weight excluding hydrogens is 394 g/mol. The zero-order chi connectivity index (χ0) is 19.7. The number of aromatic nitrogens is 1. The predicted octanol–water partition coefficient (Wildman–Crippen LogP) is 4.42. The molecular formula is C20H17N3O3S2. The smallest absolute Gasteiger partial charge is 0.257 e. The van der Waals surface area contributed by atoms with Gasteiger partial charge in [0.05, 0.1) is 24.2 Å². The van der Waals surface area contributed by atoms with E-state index in [1.54, 1.807) is 19.2 Å². The molecule has 6 nitrogen and oxygen atoms in total. The molecule has 0 radical (unpaired) electrons. The second-order valence-corrected chi connectivity index (χ2v) is 8.37. The highest BCUT2D eigenvalue weighted by molar-refractivity contribution is 8.00. The molecule has 1 aliphatic heterocycles. The number of nitrogens with zero attached hydrogens (tertiary/aromatic N) is 1. The monoisotopic (exact) mass is 411 g/mol. The molecule has 4 rings (SSSR count). The van der Waals surface area contributed by atoms with Gasteiger partial charge in [0.1, 0.15) is 5.75 Å². The van der Waals surface area contributed by atoms with Gasteiger partial charge in [-0.2, -0.15) is 0 Å². The van der Waals surface area contributed by atoms with Crippen LogP contribution in [0.1, 0.15) is 15.2 Å². The molecule has 0 unspecified atom stereocenters. The molecule has 1 aliphatic rings. The lowest BCUT2D eigenvalue weighted by atomic mass is 10.1. The van der Waals surface area contributed by atoms with Crippen LogP contribution in [0.25, 0.3) is 11.3 Å². The lowest BCUT2D eigenvalue weighted by Crippen LogP contribution is -2.19. The number of anilines is 2. The Morgan fingerprint density at radius 1 is 1.21 bits per heavy atom. The van der Waals surface area contributed by atoms with Crippen molar-refractivity contribution in [3.05, 3.63) is 52.9 Å². The molecule has 0 aliphatic carbocycles. The van der Waals surface area contributed by atoms with Gasteiger partial charge in [-0.3, -0.25) is 14.9 Å². The summed E-state index contributed by atoms with van der Waals surface area (Å²) >= 11 is 2.89. The maximum absolute atomic E-state index is 12.6. The van der Waals surface area contributed by atoms with Gasteiger partial charge >= 0.3 is 0 Å². The average Bonchev–Trinajstić information content (AvgIpc) is 3.07. The van der Waals surface area contributed by atoms with Crippen molar-refractivity contribution in [3.8, 4) is 17.0 Å². The normalized spacial score (nSPS) is 12.9. The summed E-state index contributed by atoms with van der Waals surface area (Å²) in [5.74, 6) is 0.852. The van der Waals surface area contributed by atoms with Gasteiger partial charge in [-0.05, 0) is 49.4 Å². The summed E-state index contributed by atoms with van der Waals surface area (Å²) < 4.78 is 5.19. The van der Waals surface area contributed by atoms with Crippen LogP contribution in [0.15, 0.2) is 47.4 Å². The molecule has 1 aromatic heterocycles. The molecule has 0 saturated heterocycles. The zero-order valence-corrected chi connectivity index (χ0v) is 16.9. The van der Waals surface area contributed by atoms with E-state index in [0.29, 0.717) is 22.1 Å². The number of fused-ring (bicyclic) bond motifs is 1. The van der Waals surface area contributed by atoms with E-state index in [-0.39, 0.29) is 11.8 Å². The highest BCUT2D eigenvalue weighted by atomic mass is 32.2. The van der Waals surface area contributed by atoms with Crippen LogP contribution in [0.4, 0.5) is 10.8 Å². The van der Waals surface area contributed by atoms with Crippen LogP contribution in [0.2, 0.25) is 0 Å². The largest absolute Gasteiger partial charge is 0.497 e. The maximum atomic E-state index is 12.6. The van der Waals surface area contributed by atoms with E-state index in [1.807, 2.05) is 37.3 Å². The number of thiazole rings is 1. The van der Waals surface area contributed by atoms with Crippen molar-refractivity contribution in [1.82, 2.24) is 4.98 Å². The third-order valence-corrected chi connectivity index (χ3v) is 6.21. The Labute approximate surface area is 170 Å². The molecule has 2 amide bonds. The number of methoxy groups -OCH3 is 1. The zero-order valence-electron chi connectivity index (χ0n) is 15.2. The van der Waals surface area contributed by atoms with Gasteiger partial charge in [0.2, 0.25) is 5.91 Å². The van der Waals surface area contributed by atoms with Gasteiger partial charge < -0.3 is 10.1 Å². The van der Waals surface area contributed by atoms with Crippen LogP contribution in [0, 0.1) is 6.92 Å². The average molecular weight is 412 g/mol. The first kappa shape index (κ1) is 18.5. The number of ether oxygens (including phenoxy) is 1. The molecule has 0 bridgehead atoms. The van der Waals surface area contributed by atoms with Crippen molar-refractivity contribution in [2.24, 2.45) is 0 Å². The SMILES string of the molecule is COc1ccc(-c2nc(NC(=O)c3ccc4c(c3)NC(=O)CS4)sc2C)cc1. The molecule has 8 heteroatoms. The number of amides is 2. The van der Waals surface area contributed by atoms with Crippen molar-refractivity contribution in [2.75, 3.05) is 23.5 Å². The Morgan fingerprint density at radius 2 is 2.00 bits per heavy atom. The van der Waals surface area contributed by atoms with E-state index >= 15 is 0 Å². The fourth-order valence-electron chi connectivity index (χ4n) is 2.86. The van der Waals surface area contributed by atoms with Crippen LogP contribution in [-0.4, -0.2) is 29.7 Å². The molecule has 3 aromatic rings. The molecule has 2 aromatic carbocycles. The number of aryl methyl sites for hydroxylation is 1. The first-order valence-electron chi connectivity index (χ1n) is 8.53. The summed E-state index contributed by atoms with van der Waals surface area (Å²) in [7, 11) is 1.63. The number of carbonyl (C=O) groups excluding carboxylic acids is 2. The number of nitrogens with one attached hydrogen (secondary N) is 2. The Morgan fingerprint density at radius 3 is 2.75 bits per heavy atom. The lowest BCUT2D eigenvalue weighted by Gasteiger charge is -2.16. The fourth-order valence-corrected chi connectivity index (χ4v) is 4.48. The molecule has 2 heterocycles. The Bertz CT molecular complexity index is 1060. The summed E-state index contributed by atoms with van der Waals surface area (Å²) in [6.07, 6.45) is 0. The molecule has 0 atom stereocenters. The highest BCUT2D eigenvalue weighted by Crippen LogP contribution is 2.33. The van der Waals surface area contributed by atoms with Crippen LogP contribution in [0.3, 0.4) is 0 Å². The molecule has 0 saturated carbocycles. The highest BCUT2D eigenvalue weighted by Gasteiger charge is 2.18. The number of thioether (sulfide) groups is 1. The van der Waals surface area contributed by atoms with E-state index in [0.717, 1.165) is 26.8 Å². The van der Waals surface area contributed by atoms with Crippen molar-refractivity contribution in [1.29, 1.82) is 0 Å². The maximum Gasteiger partial charge on any atom is 0.257 e. The third kappa shape index (κ3) is 3.74. The van der Waals surface area contributed by atoms with E-state index < -0.39 is 0 Å². The molecule has 0 fully saturated rings. The van der Waals surface area contributed by atoms with Crippen molar-refractivity contribution < 1.29 is 14.3 Å². The number of rotatable bonds is 4. The van der Waals surface area contributed by atoms with E-state index in [2.05, 4.69) is 15.6 Å². The summed E-state index contributed by atoms with van der Waals surface area (Å²) in [5, 5.41) is 6.19. The topological polar surface area (TPSA) is 80.3 Å². The van der Waals surface area contributed by atoms with Gasteiger partial charge in [-0.25, -0.2) is 4.98 Å². The minimum atomic E-state index is -0.261. The predicted molar refractivity (Wildman–Crippen MR) is 113 cm³/mol. The molecule has 28 heavy (non-hydrogen) atoms. The standard InChI is InChI=1S/C20H17N3O3S2/c1-11-18(12-3-6-14(26-2)7-4-12)22-20(28-11)23-19(25)13-5-8-16-15(9-13)21-17(24)10-27-16/h3-9H,10H2,1-2H3,(H,21,24)(H,22,23,25). The number of hydrogen-bond donors (Lipinski definition) is 2. The number of benzene rings is 2. The second kappa shape index (κ2) is 7.65. The minimum Gasteiger partial charge on any atom is -0.497 e. The number of hydrogen-bond acceptors (Lipinski definition) is 6. The fraction of sp³-hybridized carbons (Fsp3) is 0.150. The van der Waals surface area contributed by atoms with Gasteiger partial charge in [0, 0.05) is 20.9 Å². The van der Waals surface area contributed by atoms with Crippen LogP contribution < -0.4 is 15.4 Å². The van der Waals surface area contributed by atoms with Crippen molar-refractivity contribution in [2.45, 2.75) is 11.8 Å². The van der Waals surface area contributed by atoms with Crippen molar-refractivity contribution >= 4 is 45.7 Å². The summed E-state index contributed by atoms with van der Waals surface area (Å²) in [6, 6.07) is 12.9. The molecule has 2 N–H and O–H groups in total.